The summed E-state index contributed by atoms with van der Waals surface area (Å²) in [6.07, 6.45) is 28.8. The van der Waals surface area contributed by atoms with Crippen molar-refractivity contribution in [3.05, 3.63) is 12.8 Å². The fraction of sp³-hybridized carbons (Fsp3) is 0.929. The van der Waals surface area contributed by atoms with Crippen molar-refractivity contribution in [3.8, 4) is 0 Å². The quantitative estimate of drug-likeness (QED) is 0.0900. The van der Waals surface area contributed by atoms with Crippen molar-refractivity contribution in [1.29, 1.82) is 0 Å². The molecule has 0 bridgehead atoms. The van der Waals surface area contributed by atoms with Crippen LogP contribution in [0.5, 0.6) is 0 Å². The van der Waals surface area contributed by atoms with Crippen LogP contribution in [0.25, 0.3) is 0 Å². The third kappa shape index (κ3) is 72.1. The molecule has 0 saturated carbocycles. The van der Waals surface area contributed by atoms with E-state index in [9.17, 15) is 0 Å². The zero-order valence-electron chi connectivity index (χ0n) is 22.6. The van der Waals surface area contributed by atoms with E-state index in [0.717, 1.165) is 11.5 Å². The van der Waals surface area contributed by atoms with Gasteiger partial charge in [0.1, 0.15) is 0 Å². The van der Waals surface area contributed by atoms with Crippen LogP contribution in [-0.4, -0.2) is 35.4 Å². The van der Waals surface area contributed by atoms with Gasteiger partial charge in [-0.15, -0.1) is 0 Å². The summed E-state index contributed by atoms with van der Waals surface area (Å²) in [5.74, 6) is 1.91. The molecule has 0 unspecified atom stereocenters. The van der Waals surface area contributed by atoms with Gasteiger partial charge in [0.25, 0.3) is 0 Å². The van der Waals surface area contributed by atoms with E-state index in [4.69, 9.17) is 25.3 Å². The molecular formula is C28H60S2Sn. The molecule has 0 N–H and O–H groups in total. The first kappa shape index (κ1) is 42.6. The van der Waals surface area contributed by atoms with E-state index >= 15 is 0 Å². The Labute approximate surface area is 229 Å². The Morgan fingerprint density at radius 3 is 0.774 bits per heavy atom. The molecular weight excluding hydrogens is 519 g/mol. The average Bonchev–Trinajstić information content (AvgIpc) is 2.79. The Kier molecular flexibility index (Phi) is 73.0. The van der Waals surface area contributed by atoms with Crippen molar-refractivity contribution in [2.45, 2.75) is 157 Å². The van der Waals surface area contributed by atoms with E-state index in [1.54, 1.807) is 0 Å². The zero-order chi connectivity index (χ0) is 23.6. The first-order chi connectivity index (χ1) is 14.7. The molecule has 31 heavy (non-hydrogen) atoms. The van der Waals surface area contributed by atoms with Crippen LogP contribution in [0.2, 0.25) is 0 Å². The normalized spacial score (nSPS) is 9.29. The van der Waals surface area contributed by atoms with Crippen molar-refractivity contribution in [2.24, 2.45) is 0 Å². The second kappa shape index (κ2) is 53.1. The summed E-state index contributed by atoms with van der Waals surface area (Å²) in [4.78, 5) is 0. The Balaban J connectivity index is -0.000000106. The van der Waals surface area contributed by atoms with Gasteiger partial charge < -0.3 is 25.3 Å². The maximum absolute atomic E-state index is 4.87. The molecule has 0 amide bonds. The number of unbranched alkanes of at least 4 members (excludes halogenated alkanes) is 16. The molecule has 0 aromatic rings. The molecule has 0 saturated heterocycles. The summed E-state index contributed by atoms with van der Waals surface area (Å²) in [5, 5.41) is 0. The van der Waals surface area contributed by atoms with Gasteiger partial charge in [0.15, 0.2) is 0 Å². The molecule has 0 aromatic heterocycles. The molecule has 0 rings (SSSR count). The standard InChI is InChI=1S/2C10H22S.2C4H9.Sn/c2*1-2-3-4-5-6-7-8-9-10-11;2*1-3-4-2;/h2*11H,2-10H2,1H3;2*3H,4H2,1-2H3;/q;;;;+2/p-2. The van der Waals surface area contributed by atoms with Crippen LogP contribution >= 0.6 is 0 Å². The Bertz CT molecular complexity index is 171. The van der Waals surface area contributed by atoms with E-state index in [1.165, 1.54) is 116 Å². The molecule has 0 fully saturated rings. The van der Waals surface area contributed by atoms with Gasteiger partial charge >= 0.3 is 23.9 Å². The second-order valence-corrected chi connectivity index (χ2v) is 8.81. The van der Waals surface area contributed by atoms with Crippen LogP contribution in [0, 0.1) is 12.8 Å². The molecule has 0 atom stereocenters. The fourth-order valence-corrected chi connectivity index (χ4v) is 2.88. The van der Waals surface area contributed by atoms with Gasteiger partial charge in [-0.2, -0.15) is 11.5 Å². The van der Waals surface area contributed by atoms with E-state index in [1.807, 2.05) is 0 Å². The molecule has 0 aliphatic carbocycles. The third-order valence-corrected chi connectivity index (χ3v) is 5.39. The predicted octanol–water partition coefficient (Wildman–Crippen LogP) is 10.2. The molecule has 0 aliphatic rings. The summed E-state index contributed by atoms with van der Waals surface area (Å²) >= 11 is 9.74. The summed E-state index contributed by atoms with van der Waals surface area (Å²) < 4.78 is 0. The van der Waals surface area contributed by atoms with Crippen molar-refractivity contribution >= 4 is 49.2 Å². The average molecular weight is 580 g/mol. The van der Waals surface area contributed by atoms with Gasteiger partial charge in [-0.25, -0.2) is 0 Å². The minimum Gasteiger partial charge on any atom is -0.793 e. The van der Waals surface area contributed by atoms with Gasteiger partial charge in [-0.1, -0.05) is 157 Å². The van der Waals surface area contributed by atoms with Crippen molar-refractivity contribution in [3.63, 3.8) is 0 Å². The molecule has 0 aromatic carbocycles. The van der Waals surface area contributed by atoms with E-state index in [2.05, 4.69) is 54.4 Å². The number of hydrogen-bond acceptors (Lipinski definition) is 2. The van der Waals surface area contributed by atoms with Crippen LogP contribution in [0.4, 0.5) is 0 Å². The van der Waals surface area contributed by atoms with Crippen molar-refractivity contribution in [2.75, 3.05) is 11.5 Å². The summed E-state index contributed by atoms with van der Waals surface area (Å²) in [7, 11) is 0. The van der Waals surface area contributed by atoms with Gasteiger partial charge in [-0.05, 0) is 12.8 Å². The number of hydrogen-bond donors (Lipinski definition) is 0. The van der Waals surface area contributed by atoms with Gasteiger partial charge in [0.2, 0.25) is 0 Å². The largest absolute Gasteiger partial charge is 2.00 e. The van der Waals surface area contributed by atoms with Crippen molar-refractivity contribution in [1.82, 2.24) is 0 Å². The Morgan fingerprint density at radius 2 is 0.613 bits per heavy atom. The molecule has 0 spiro atoms. The molecule has 188 valence electrons. The van der Waals surface area contributed by atoms with Crippen LogP contribution in [0.3, 0.4) is 0 Å². The summed E-state index contributed by atoms with van der Waals surface area (Å²) in [6, 6.07) is 0. The first-order valence-electron chi connectivity index (χ1n) is 13.4. The van der Waals surface area contributed by atoms with Crippen LogP contribution in [-0.2, 0) is 25.3 Å². The molecule has 0 aliphatic heterocycles. The fourth-order valence-electron chi connectivity index (χ4n) is 2.47. The molecule has 0 heterocycles. The van der Waals surface area contributed by atoms with Crippen LogP contribution in [0.15, 0.2) is 0 Å². The van der Waals surface area contributed by atoms with Gasteiger partial charge in [-0.3, -0.25) is 0 Å². The van der Waals surface area contributed by atoms with E-state index in [-0.39, 0.29) is 23.9 Å². The van der Waals surface area contributed by atoms with Crippen LogP contribution in [0.1, 0.15) is 157 Å². The van der Waals surface area contributed by atoms with Gasteiger partial charge in [0.05, 0.1) is 0 Å². The van der Waals surface area contributed by atoms with Crippen molar-refractivity contribution < 1.29 is 0 Å². The Morgan fingerprint density at radius 1 is 0.419 bits per heavy atom. The second-order valence-electron chi connectivity index (χ2n) is 7.99. The zero-order valence-corrected chi connectivity index (χ0v) is 27.1. The van der Waals surface area contributed by atoms with Gasteiger partial charge in [0, 0.05) is 0 Å². The molecule has 0 nitrogen and oxygen atoms in total. The topological polar surface area (TPSA) is 0 Å². The molecule has 4 radical (unpaired) electrons. The maximum atomic E-state index is 4.87. The smallest absolute Gasteiger partial charge is 0.793 e. The minimum atomic E-state index is 0. The van der Waals surface area contributed by atoms with E-state index in [0.29, 0.717) is 0 Å². The maximum Gasteiger partial charge on any atom is 2.00 e. The summed E-state index contributed by atoms with van der Waals surface area (Å²) in [6.45, 7) is 12.9. The Hall–Kier alpha value is 1.50. The van der Waals surface area contributed by atoms with Crippen LogP contribution < -0.4 is 0 Å². The first-order valence-corrected chi connectivity index (χ1v) is 14.5. The number of rotatable bonds is 18. The molecule has 3 heteroatoms. The summed E-state index contributed by atoms with van der Waals surface area (Å²) in [5.41, 5.74) is 0. The minimum absolute atomic E-state index is 0. The third-order valence-electron chi connectivity index (χ3n) is 4.81. The predicted molar refractivity (Wildman–Crippen MR) is 156 cm³/mol. The SMILES string of the molecule is CCCCCCCCCC[S-].CCCCCCCCCC[S-].C[CH]CC.C[CH]CC.[Sn+2]. The van der Waals surface area contributed by atoms with E-state index < -0.39 is 0 Å². The monoisotopic (exact) mass is 580 g/mol.